The molecule has 126 valence electrons. The number of hydrogen-bond donors (Lipinski definition) is 0. The molecule has 0 saturated carbocycles. The Kier molecular flexibility index (Phi) is 4.33. The second kappa shape index (κ2) is 6.59. The number of carbonyl (C=O) groups excluding carboxylic acids is 2. The van der Waals surface area contributed by atoms with Gasteiger partial charge in [-0.05, 0) is 37.3 Å². The summed E-state index contributed by atoms with van der Waals surface area (Å²) in [6.45, 7) is 1.58. The second-order valence-corrected chi connectivity index (χ2v) is 5.10. The molecule has 9 heteroatoms. The Morgan fingerprint density at radius 3 is 2.48 bits per heavy atom. The van der Waals surface area contributed by atoms with Crippen molar-refractivity contribution < 1.29 is 9.59 Å². The van der Waals surface area contributed by atoms with Gasteiger partial charge in [0.2, 0.25) is 5.78 Å². The number of carbonyl (C=O) groups is 2. The van der Waals surface area contributed by atoms with Gasteiger partial charge in [-0.1, -0.05) is 18.2 Å². The van der Waals surface area contributed by atoms with E-state index in [1.807, 2.05) is 6.07 Å². The first-order chi connectivity index (χ1) is 12.0. The molecule has 0 N–H and O–H groups in total. The van der Waals surface area contributed by atoms with E-state index in [9.17, 15) is 20.0 Å². The van der Waals surface area contributed by atoms with E-state index in [0.717, 1.165) is 18.2 Å². The SMILES string of the molecule is CC1=NN(c2ccccc2)C(=O)C1=NN=C1C=C(N([O-])[O-])C=CC1=O. The van der Waals surface area contributed by atoms with Gasteiger partial charge in [0.1, 0.15) is 5.71 Å². The molecule has 1 amide bonds. The van der Waals surface area contributed by atoms with Crippen molar-refractivity contribution in [3.63, 3.8) is 0 Å². The van der Waals surface area contributed by atoms with Crippen molar-refractivity contribution in [2.24, 2.45) is 15.3 Å². The molecule has 2 aliphatic rings. The minimum Gasteiger partial charge on any atom is -0.769 e. The summed E-state index contributed by atoms with van der Waals surface area (Å²) < 4.78 is 0. The molecule has 0 aromatic heterocycles. The summed E-state index contributed by atoms with van der Waals surface area (Å²) in [4.78, 5) is 24.2. The first-order valence-corrected chi connectivity index (χ1v) is 7.16. The van der Waals surface area contributed by atoms with Gasteiger partial charge in [0.05, 0.1) is 11.4 Å². The quantitative estimate of drug-likeness (QED) is 0.611. The molecule has 0 fully saturated rings. The highest BCUT2D eigenvalue weighted by molar-refractivity contribution is 6.71. The van der Waals surface area contributed by atoms with E-state index in [0.29, 0.717) is 11.4 Å². The molecular weight excluding hydrogens is 326 g/mol. The molecule has 1 aliphatic heterocycles. The number of anilines is 1. The molecule has 0 saturated heterocycles. The fourth-order valence-electron chi connectivity index (χ4n) is 2.16. The van der Waals surface area contributed by atoms with Crippen molar-refractivity contribution in [1.82, 2.24) is 5.23 Å². The van der Waals surface area contributed by atoms with Crippen LogP contribution in [0.15, 0.2) is 69.6 Å². The maximum atomic E-state index is 12.4. The molecular formula is C16H11N5O4-2. The molecule has 1 aromatic carbocycles. The van der Waals surface area contributed by atoms with Gasteiger partial charge in [-0.15, -0.1) is 10.2 Å². The second-order valence-electron chi connectivity index (χ2n) is 5.10. The van der Waals surface area contributed by atoms with Gasteiger partial charge in [-0.25, -0.2) is 0 Å². The molecule has 0 bridgehead atoms. The smallest absolute Gasteiger partial charge is 0.301 e. The number of hydrazone groups is 1. The Morgan fingerprint density at radius 1 is 1.08 bits per heavy atom. The molecule has 1 heterocycles. The Labute approximate surface area is 142 Å². The first kappa shape index (κ1) is 16.4. The van der Waals surface area contributed by atoms with Crippen molar-refractivity contribution >= 4 is 34.5 Å². The Morgan fingerprint density at radius 2 is 1.80 bits per heavy atom. The molecule has 9 nitrogen and oxygen atoms in total. The summed E-state index contributed by atoms with van der Waals surface area (Å²) in [5.41, 5.74) is 0.357. The van der Waals surface area contributed by atoms with Gasteiger partial charge in [0.15, 0.2) is 5.71 Å². The van der Waals surface area contributed by atoms with Gasteiger partial charge < -0.3 is 15.6 Å². The molecule has 0 unspecified atom stereocenters. The first-order valence-electron chi connectivity index (χ1n) is 7.16. The molecule has 0 atom stereocenters. The third kappa shape index (κ3) is 3.27. The zero-order chi connectivity index (χ0) is 18.0. The van der Waals surface area contributed by atoms with E-state index >= 15 is 0 Å². The predicted octanol–water partition coefficient (Wildman–Crippen LogP) is 1.53. The number of ketones is 1. The van der Waals surface area contributed by atoms with Crippen LogP contribution in [0.2, 0.25) is 0 Å². The fraction of sp³-hybridized carbons (Fsp3) is 0.0625. The number of amides is 1. The van der Waals surface area contributed by atoms with Crippen LogP contribution in [0, 0.1) is 10.4 Å². The zero-order valence-electron chi connectivity index (χ0n) is 13.0. The highest BCUT2D eigenvalue weighted by Gasteiger charge is 2.30. The van der Waals surface area contributed by atoms with Gasteiger partial charge in [-0.2, -0.15) is 10.1 Å². The number of hydrogen-bond acceptors (Lipinski definition) is 8. The van der Waals surface area contributed by atoms with Crippen LogP contribution in [0.4, 0.5) is 5.69 Å². The van der Waals surface area contributed by atoms with Crippen LogP contribution in [0.25, 0.3) is 0 Å². The third-order valence-electron chi connectivity index (χ3n) is 3.40. The van der Waals surface area contributed by atoms with Crippen LogP contribution in [-0.4, -0.2) is 34.1 Å². The number of allylic oxidation sites excluding steroid dienone is 3. The normalized spacial score (nSPS) is 20.4. The Bertz CT molecular complexity index is 881. The number of para-hydroxylation sites is 1. The zero-order valence-corrected chi connectivity index (χ0v) is 13.0. The van der Waals surface area contributed by atoms with E-state index in [2.05, 4.69) is 15.3 Å². The summed E-state index contributed by atoms with van der Waals surface area (Å²) in [5, 5.41) is 33.7. The van der Waals surface area contributed by atoms with Gasteiger partial charge in [0, 0.05) is 5.70 Å². The summed E-state index contributed by atoms with van der Waals surface area (Å²) in [6.07, 6.45) is 3.12. The van der Waals surface area contributed by atoms with E-state index in [4.69, 9.17) is 0 Å². The lowest BCUT2D eigenvalue weighted by molar-refractivity contribution is -0.112. The average Bonchev–Trinajstić information content (AvgIpc) is 2.89. The van der Waals surface area contributed by atoms with Crippen molar-refractivity contribution in [2.75, 3.05) is 5.01 Å². The van der Waals surface area contributed by atoms with Crippen molar-refractivity contribution in [3.8, 4) is 0 Å². The van der Waals surface area contributed by atoms with Crippen LogP contribution in [-0.2, 0) is 9.59 Å². The molecule has 1 aromatic rings. The van der Waals surface area contributed by atoms with Crippen LogP contribution in [0.5, 0.6) is 0 Å². The van der Waals surface area contributed by atoms with Crippen molar-refractivity contribution in [3.05, 3.63) is 64.7 Å². The minimum absolute atomic E-state index is 0.0326. The topological polar surface area (TPSA) is 124 Å². The van der Waals surface area contributed by atoms with Crippen LogP contribution >= 0.6 is 0 Å². The summed E-state index contributed by atoms with van der Waals surface area (Å²) in [7, 11) is 0. The van der Waals surface area contributed by atoms with Crippen LogP contribution in [0.1, 0.15) is 6.92 Å². The van der Waals surface area contributed by atoms with E-state index in [1.165, 1.54) is 5.01 Å². The molecule has 1 aliphatic carbocycles. The maximum Gasteiger partial charge on any atom is 0.301 e. The largest absolute Gasteiger partial charge is 0.769 e. The third-order valence-corrected chi connectivity index (χ3v) is 3.40. The molecule has 0 radical (unpaired) electrons. The molecule has 3 rings (SSSR count). The van der Waals surface area contributed by atoms with E-state index in [1.54, 1.807) is 31.2 Å². The average molecular weight is 337 g/mol. The van der Waals surface area contributed by atoms with E-state index < -0.39 is 16.9 Å². The lowest BCUT2D eigenvalue weighted by Crippen LogP contribution is -2.27. The summed E-state index contributed by atoms with van der Waals surface area (Å²) in [5.74, 6) is -1.03. The van der Waals surface area contributed by atoms with Gasteiger partial charge >= 0.3 is 5.91 Å². The van der Waals surface area contributed by atoms with Gasteiger partial charge in [0.25, 0.3) is 0 Å². The molecule has 25 heavy (non-hydrogen) atoms. The fourth-order valence-corrected chi connectivity index (χ4v) is 2.16. The monoisotopic (exact) mass is 337 g/mol. The van der Waals surface area contributed by atoms with Crippen LogP contribution in [0.3, 0.4) is 0 Å². The number of rotatable bonds is 3. The van der Waals surface area contributed by atoms with E-state index in [-0.39, 0.29) is 17.1 Å². The maximum absolute atomic E-state index is 12.4. The van der Waals surface area contributed by atoms with Crippen LogP contribution < -0.4 is 5.01 Å². The lowest BCUT2D eigenvalue weighted by Gasteiger charge is -2.39. The van der Waals surface area contributed by atoms with Crippen molar-refractivity contribution in [2.45, 2.75) is 6.92 Å². The Balaban J connectivity index is 1.90. The Hall–Kier alpha value is -3.43. The summed E-state index contributed by atoms with van der Waals surface area (Å²) in [6, 6.07) is 8.76. The minimum atomic E-state index is -0.643. The predicted molar refractivity (Wildman–Crippen MR) is 92.7 cm³/mol. The lowest BCUT2D eigenvalue weighted by atomic mass is 10.1. The number of nitrogens with zero attached hydrogens (tertiary/aromatic N) is 5. The standard InChI is InChI=1S/C16H11N5O4/c1-10-15(16(23)20(19-10)11-5-3-2-4-6-11)18-17-13-9-12(21(24)25)7-8-14(13)22/h2-9H,1H3/q-2. The van der Waals surface area contributed by atoms with Gasteiger partial charge in [-0.3, -0.25) is 9.59 Å². The molecule has 0 spiro atoms. The summed E-state index contributed by atoms with van der Waals surface area (Å²) >= 11 is 0. The highest BCUT2D eigenvalue weighted by atomic mass is 16.8. The van der Waals surface area contributed by atoms with Crippen molar-refractivity contribution in [1.29, 1.82) is 0 Å². The highest BCUT2D eigenvalue weighted by Crippen LogP contribution is 2.19. The number of hydroxylamine groups is 2. The number of benzene rings is 1.